The molecule has 0 saturated heterocycles. The molecule has 0 spiro atoms. The monoisotopic (exact) mass is 326 g/mol. The van der Waals surface area contributed by atoms with E-state index < -0.39 is 0 Å². The summed E-state index contributed by atoms with van der Waals surface area (Å²) in [5, 5.41) is 3.28. The molecule has 24 heavy (non-hydrogen) atoms. The van der Waals surface area contributed by atoms with E-state index in [0.29, 0.717) is 12.3 Å². The van der Waals surface area contributed by atoms with Gasteiger partial charge in [-0.1, -0.05) is 31.4 Å². The van der Waals surface area contributed by atoms with Crippen LogP contribution in [0.5, 0.6) is 0 Å². The number of hydrogen-bond donors (Lipinski definition) is 1. The van der Waals surface area contributed by atoms with Crippen LogP contribution in [0.4, 0.5) is 0 Å². The van der Waals surface area contributed by atoms with Crippen molar-refractivity contribution in [1.29, 1.82) is 0 Å². The van der Waals surface area contributed by atoms with E-state index in [1.165, 1.54) is 44.9 Å². The van der Waals surface area contributed by atoms with Gasteiger partial charge in [-0.25, -0.2) is 0 Å². The zero-order chi connectivity index (χ0) is 16.4. The van der Waals surface area contributed by atoms with Crippen molar-refractivity contribution in [3.8, 4) is 0 Å². The second kappa shape index (κ2) is 6.78. The van der Waals surface area contributed by atoms with E-state index >= 15 is 0 Å². The molecule has 1 aromatic rings. The fourth-order valence-corrected chi connectivity index (χ4v) is 5.33. The lowest BCUT2D eigenvalue weighted by molar-refractivity contribution is -0.124. The van der Waals surface area contributed by atoms with E-state index in [9.17, 15) is 4.79 Å². The lowest BCUT2D eigenvalue weighted by Gasteiger charge is -2.37. The minimum atomic E-state index is 0.163. The second-order valence-electron chi connectivity index (χ2n) is 8.44. The van der Waals surface area contributed by atoms with Crippen LogP contribution in [0.1, 0.15) is 51.4 Å². The average molecular weight is 326 g/mol. The fraction of sp³-hybridized carbons (Fsp3) is 0.667. The van der Waals surface area contributed by atoms with Gasteiger partial charge in [0.25, 0.3) is 0 Å². The number of nitrogens with zero attached hydrogens (tertiary/aromatic N) is 1. The highest BCUT2D eigenvalue weighted by atomic mass is 16.1. The number of aromatic nitrogens is 1. The first kappa shape index (κ1) is 16.0. The lowest BCUT2D eigenvalue weighted by atomic mass is 9.71. The summed E-state index contributed by atoms with van der Waals surface area (Å²) in [5.74, 6) is 2.46. The summed E-state index contributed by atoms with van der Waals surface area (Å²) in [5.41, 5.74) is 0.163. The Bertz CT molecular complexity index is 583. The first-order valence-electron chi connectivity index (χ1n) is 9.78. The molecular weight excluding hydrogens is 296 g/mol. The SMILES string of the molecule is O=C(CC1(Cn2cccc2)CCCCC1)NCC1CC2C=CC1C2. The molecule has 1 amide bonds. The Labute approximate surface area is 145 Å². The Balaban J connectivity index is 1.33. The highest BCUT2D eigenvalue weighted by molar-refractivity contribution is 5.76. The van der Waals surface area contributed by atoms with Crippen molar-refractivity contribution >= 4 is 5.91 Å². The highest BCUT2D eigenvalue weighted by Gasteiger charge is 2.37. The summed E-state index contributed by atoms with van der Waals surface area (Å²) in [7, 11) is 0. The van der Waals surface area contributed by atoms with Crippen LogP contribution in [-0.2, 0) is 11.3 Å². The Kier molecular flexibility index (Phi) is 4.51. The van der Waals surface area contributed by atoms with E-state index in [4.69, 9.17) is 0 Å². The molecule has 3 unspecified atom stereocenters. The smallest absolute Gasteiger partial charge is 0.220 e. The Morgan fingerprint density at radius 2 is 1.88 bits per heavy atom. The maximum atomic E-state index is 12.7. The first-order chi connectivity index (χ1) is 11.7. The number of rotatable bonds is 6. The predicted octanol–water partition coefficient (Wildman–Crippen LogP) is 4.16. The number of nitrogens with one attached hydrogen (secondary N) is 1. The van der Waals surface area contributed by atoms with Crippen LogP contribution in [0.15, 0.2) is 36.7 Å². The molecule has 4 rings (SSSR count). The predicted molar refractivity (Wildman–Crippen MR) is 96.4 cm³/mol. The molecule has 1 N–H and O–H groups in total. The van der Waals surface area contributed by atoms with Crippen LogP contribution in [-0.4, -0.2) is 17.0 Å². The summed E-state index contributed by atoms with van der Waals surface area (Å²) in [6, 6.07) is 4.17. The molecule has 1 aromatic heterocycles. The molecule has 2 fully saturated rings. The molecule has 130 valence electrons. The van der Waals surface area contributed by atoms with Crippen LogP contribution in [0, 0.1) is 23.2 Å². The van der Waals surface area contributed by atoms with E-state index in [1.54, 1.807) is 0 Å². The number of hydrogen-bond acceptors (Lipinski definition) is 1. The van der Waals surface area contributed by atoms with Crippen molar-refractivity contribution < 1.29 is 4.79 Å². The van der Waals surface area contributed by atoms with Gasteiger partial charge in [0.2, 0.25) is 5.91 Å². The van der Waals surface area contributed by atoms with Crippen LogP contribution in [0.25, 0.3) is 0 Å². The summed E-state index contributed by atoms with van der Waals surface area (Å²) >= 11 is 0. The third-order valence-corrected chi connectivity index (χ3v) is 6.61. The van der Waals surface area contributed by atoms with Crippen molar-refractivity contribution in [2.75, 3.05) is 6.54 Å². The van der Waals surface area contributed by atoms with E-state index in [-0.39, 0.29) is 11.3 Å². The van der Waals surface area contributed by atoms with Gasteiger partial charge in [0.15, 0.2) is 0 Å². The summed E-state index contributed by atoms with van der Waals surface area (Å²) in [6.45, 7) is 1.87. The van der Waals surface area contributed by atoms with Crippen LogP contribution in [0.2, 0.25) is 0 Å². The number of carbonyl (C=O) groups is 1. The van der Waals surface area contributed by atoms with Crippen molar-refractivity contribution in [2.45, 2.75) is 57.9 Å². The van der Waals surface area contributed by atoms with E-state index in [2.05, 4.69) is 46.6 Å². The number of amides is 1. The molecule has 1 heterocycles. The molecule has 2 saturated carbocycles. The molecule has 0 radical (unpaired) electrons. The Hall–Kier alpha value is -1.51. The van der Waals surface area contributed by atoms with Gasteiger partial charge in [0, 0.05) is 31.9 Å². The molecule has 3 aliphatic carbocycles. The number of fused-ring (bicyclic) bond motifs is 2. The molecule has 0 aromatic carbocycles. The lowest BCUT2D eigenvalue weighted by Crippen LogP contribution is -2.38. The molecule has 3 heteroatoms. The number of allylic oxidation sites excluding steroid dienone is 2. The maximum absolute atomic E-state index is 12.7. The maximum Gasteiger partial charge on any atom is 0.220 e. The molecule has 0 aliphatic heterocycles. The Morgan fingerprint density at radius 3 is 2.54 bits per heavy atom. The van der Waals surface area contributed by atoms with E-state index in [0.717, 1.165) is 24.9 Å². The van der Waals surface area contributed by atoms with Gasteiger partial charge in [0.1, 0.15) is 0 Å². The van der Waals surface area contributed by atoms with Crippen molar-refractivity contribution in [3.05, 3.63) is 36.7 Å². The standard InChI is InChI=1S/C21H30N2O/c24-20(22-15-19-13-17-6-7-18(19)12-17)14-21(8-2-1-3-9-21)16-23-10-4-5-11-23/h4-7,10-11,17-19H,1-3,8-9,12-16H2,(H,22,24). The number of carbonyl (C=O) groups excluding carboxylic acids is 1. The average Bonchev–Trinajstić information content (AvgIpc) is 3.31. The van der Waals surface area contributed by atoms with Crippen LogP contribution < -0.4 is 5.32 Å². The fourth-order valence-electron chi connectivity index (χ4n) is 5.33. The van der Waals surface area contributed by atoms with E-state index in [1.807, 2.05) is 0 Å². The second-order valence-corrected chi connectivity index (χ2v) is 8.44. The van der Waals surface area contributed by atoms with Crippen molar-refractivity contribution in [3.63, 3.8) is 0 Å². The topological polar surface area (TPSA) is 34.0 Å². The van der Waals surface area contributed by atoms with Crippen molar-refractivity contribution in [2.24, 2.45) is 23.2 Å². The summed E-state index contributed by atoms with van der Waals surface area (Å²) < 4.78 is 2.26. The van der Waals surface area contributed by atoms with Gasteiger partial charge in [-0.2, -0.15) is 0 Å². The molecule has 3 nitrogen and oxygen atoms in total. The zero-order valence-electron chi connectivity index (χ0n) is 14.6. The molecular formula is C21H30N2O. The zero-order valence-corrected chi connectivity index (χ0v) is 14.6. The minimum absolute atomic E-state index is 0.163. The first-order valence-corrected chi connectivity index (χ1v) is 9.78. The van der Waals surface area contributed by atoms with Crippen LogP contribution in [0.3, 0.4) is 0 Å². The Morgan fingerprint density at radius 1 is 1.08 bits per heavy atom. The van der Waals surface area contributed by atoms with Gasteiger partial charge >= 0.3 is 0 Å². The van der Waals surface area contributed by atoms with Gasteiger partial charge in [0.05, 0.1) is 0 Å². The van der Waals surface area contributed by atoms with Gasteiger partial charge in [-0.3, -0.25) is 4.79 Å². The third-order valence-electron chi connectivity index (χ3n) is 6.61. The summed E-state index contributed by atoms with van der Waals surface area (Å²) in [4.78, 5) is 12.7. The van der Waals surface area contributed by atoms with Gasteiger partial charge in [-0.05, 0) is 61.0 Å². The molecule has 3 aliphatic rings. The summed E-state index contributed by atoms with van der Waals surface area (Å²) in [6.07, 6.45) is 18.5. The normalized spacial score (nSPS) is 30.6. The largest absolute Gasteiger partial charge is 0.356 e. The van der Waals surface area contributed by atoms with Gasteiger partial charge in [-0.15, -0.1) is 0 Å². The highest BCUT2D eigenvalue weighted by Crippen LogP contribution is 2.43. The molecule has 3 atom stereocenters. The van der Waals surface area contributed by atoms with Crippen molar-refractivity contribution in [1.82, 2.24) is 9.88 Å². The third kappa shape index (κ3) is 3.45. The van der Waals surface area contributed by atoms with Crippen LogP contribution >= 0.6 is 0 Å². The van der Waals surface area contributed by atoms with Gasteiger partial charge < -0.3 is 9.88 Å². The minimum Gasteiger partial charge on any atom is -0.356 e. The quantitative estimate of drug-likeness (QED) is 0.783. The molecule has 2 bridgehead atoms.